The second kappa shape index (κ2) is 14.4. The summed E-state index contributed by atoms with van der Waals surface area (Å²) >= 11 is 0. The molecule has 5 nitrogen and oxygen atoms in total. The van der Waals surface area contributed by atoms with Crippen molar-refractivity contribution in [1.82, 2.24) is 0 Å². The summed E-state index contributed by atoms with van der Waals surface area (Å²) in [5.74, 6) is 0. The highest BCUT2D eigenvalue weighted by molar-refractivity contribution is 4.42. The smallest absolute Gasteiger partial charge is 0.102 e. The molecule has 0 aromatic heterocycles. The Kier molecular flexibility index (Phi) is 18.2. The molecule has 2 N–H and O–H groups in total. The molecule has 132 valence electrons. The van der Waals surface area contributed by atoms with Crippen LogP contribution in [0.5, 0.6) is 0 Å². The zero-order valence-electron chi connectivity index (χ0n) is 14.0. The van der Waals surface area contributed by atoms with E-state index in [0.717, 1.165) is 61.4 Å². The number of hydrogen-bond acceptors (Lipinski definition) is 3. The van der Waals surface area contributed by atoms with Crippen LogP contribution >= 0.6 is 0 Å². The molecule has 0 radical (unpaired) electrons. The first-order chi connectivity index (χ1) is 8.95. The van der Waals surface area contributed by atoms with Crippen molar-refractivity contribution in [3.05, 3.63) is 0 Å². The second-order valence-electron chi connectivity index (χ2n) is 5.86. The molecule has 0 amide bonds. The van der Waals surface area contributed by atoms with E-state index in [-0.39, 0.29) is 47.2 Å². The molecule has 0 spiro atoms. The summed E-state index contributed by atoms with van der Waals surface area (Å²) in [6, 6.07) is 0. The fourth-order valence-electron chi connectivity index (χ4n) is 2.23. The zero-order chi connectivity index (χ0) is 14.8. The van der Waals surface area contributed by atoms with Gasteiger partial charge in [-0.15, -0.1) is 0 Å². The number of quaternary nitrogens is 2. The van der Waals surface area contributed by atoms with Gasteiger partial charge in [0.1, 0.15) is 26.2 Å². The van der Waals surface area contributed by atoms with Crippen LogP contribution in [0.15, 0.2) is 0 Å². The summed E-state index contributed by atoms with van der Waals surface area (Å²) < 4.78 is 7.44. The lowest BCUT2D eigenvalue weighted by Crippen LogP contribution is -3.00. The Bertz CT molecular complexity index is 228. The number of aliphatic hydroxyl groups excluding tert-OH is 2. The minimum atomic E-state index is 0. The molecule has 0 saturated carbocycles. The highest BCUT2D eigenvalue weighted by Crippen LogP contribution is 2.05. The van der Waals surface area contributed by atoms with Gasteiger partial charge in [-0.2, -0.15) is 0 Å². The standard InChI is InChI=1S/C14H34N2O3.2BrH/c1-5-16(6-2,8-12-18)10-14-19-13-9-15(3,4)7-11-17;;/h17-18H,5-14H2,1-4H3;2*1H/q+2;;/p-2. The average molecular weight is 438 g/mol. The normalized spacial score (nSPS) is 11.7. The van der Waals surface area contributed by atoms with Gasteiger partial charge in [-0.3, -0.25) is 0 Å². The van der Waals surface area contributed by atoms with Crippen molar-refractivity contribution >= 4 is 0 Å². The van der Waals surface area contributed by atoms with Crippen molar-refractivity contribution in [2.24, 2.45) is 0 Å². The lowest BCUT2D eigenvalue weighted by Gasteiger charge is -2.36. The molecule has 0 aliphatic carbocycles. The van der Waals surface area contributed by atoms with Gasteiger partial charge in [0.25, 0.3) is 0 Å². The van der Waals surface area contributed by atoms with E-state index in [1.165, 1.54) is 0 Å². The number of aliphatic hydroxyl groups is 2. The molecule has 0 aliphatic rings. The van der Waals surface area contributed by atoms with Gasteiger partial charge in [0.2, 0.25) is 0 Å². The first kappa shape index (κ1) is 26.6. The van der Waals surface area contributed by atoms with Crippen molar-refractivity contribution in [2.75, 3.05) is 79.8 Å². The maximum atomic E-state index is 9.15. The molecule has 0 fully saturated rings. The fourth-order valence-corrected chi connectivity index (χ4v) is 2.23. The van der Waals surface area contributed by atoms with Gasteiger partial charge >= 0.3 is 0 Å². The molecule has 0 aliphatic heterocycles. The lowest BCUT2D eigenvalue weighted by molar-refractivity contribution is -0.925. The number of nitrogens with zero attached hydrogens (tertiary/aromatic N) is 2. The average Bonchev–Trinajstić information content (AvgIpc) is 2.37. The minimum Gasteiger partial charge on any atom is -1.00 e. The Morgan fingerprint density at radius 3 is 1.67 bits per heavy atom. The van der Waals surface area contributed by atoms with Crippen LogP contribution in [0.2, 0.25) is 0 Å². The molecule has 0 unspecified atom stereocenters. The fraction of sp³-hybridized carbons (Fsp3) is 1.00. The third-order valence-electron chi connectivity index (χ3n) is 4.17. The van der Waals surface area contributed by atoms with E-state index >= 15 is 0 Å². The van der Waals surface area contributed by atoms with Crippen molar-refractivity contribution < 1.29 is 57.9 Å². The monoisotopic (exact) mass is 436 g/mol. The highest BCUT2D eigenvalue weighted by Gasteiger charge is 2.22. The van der Waals surface area contributed by atoms with Crippen LogP contribution in [-0.2, 0) is 4.74 Å². The Labute approximate surface area is 151 Å². The van der Waals surface area contributed by atoms with Crippen LogP contribution in [0.3, 0.4) is 0 Å². The summed E-state index contributed by atoms with van der Waals surface area (Å²) in [6.07, 6.45) is 0. The molecule has 0 aromatic rings. The Morgan fingerprint density at radius 2 is 1.24 bits per heavy atom. The Morgan fingerprint density at radius 1 is 0.762 bits per heavy atom. The topological polar surface area (TPSA) is 49.7 Å². The molecular weight excluding hydrogens is 404 g/mol. The Hall–Kier alpha value is 0.760. The van der Waals surface area contributed by atoms with E-state index in [1.807, 2.05) is 0 Å². The molecule has 0 aromatic carbocycles. The highest BCUT2D eigenvalue weighted by atomic mass is 79.9. The van der Waals surface area contributed by atoms with Crippen LogP contribution in [0.4, 0.5) is 0 Å². The van der Waals surface area contributed by atoms with Crippen molar-refractivity contribution in [3.63, 3.8) is 0 Å². The summed E-state index contributed by atoms with van der Waals surface area (Å²) in [6.45, 7) is 11.8. The quantitative estimate of drug-likeness (QED) is 0.236. The summed E-state index contributed by atoms with van der Waals surface area (Å²) in [5, 5.41) is 18.1. The minimum absolute atomic E-state index is 0. The van der Waals surface area contributed by atoms with Crippen molar-refractivity contribution in [2.45, 2.75) is 13.8 Å². The van der Waals surface area contributed by atoms with Gasteiger partial charge in [0.05, 0.1) is 53.6 Å². The molecule has 0 bridgehead atoms. The summed E-state index contributed by atoms with van der Waals surface area (Å²) in [7, 11) is 4.20. The number of likely N-dealkylation sites (N-methyl/N-ethyl adjacent to an activating group) is 2. The van der Waals surface area contributed by atoms with E-state index < -0.39 is 0 Å². The third-order valence-corrected chi connectivity index (χ3v) is 4.17. The molecular formula is C14H34Br2N2O3. The van der Waals surface area contributed by atoms with Crippen LogP contribution in [-0.4, -0.2) is 99.0 Å². The van der Waals surface area contributed by atoms with Crippen molar-refractivity contribution in [3.8, 4) is 0 Å². The largest absolute Gasteiger partial charge is 1.00 e. The van der Waals surface area contributed by atoms with E-state index in [0.29, 0.717) is 0 Å². The van der Waals surface area contributed by atoms with Gasteiger partial charge < -0.3 is 57.9 Å². The lowest BCUT2D eigenvalue weighted by atomic mass is 10.3. The SMILES string of the molecule is CC[N+](CC)(CCO)CCOCC[N+](C)(C)CCO.[Br-].[Br-]. The Balaban J connectivity index is -0.00000162. The zero-order valence-corrected chi connectivity index (χ0v) is 17.2. The van der Waals surface area contributed by atoms with E-state index in [9.17, 15) is 0 Å². The number of rotatable bonds is 12. The number of hydrogen-bond donors (Lipinski definition) is 2. The molecule has 0 atom stereocenters. The van der Waals surface area contributed by atoms with Gasteiger partial charge in [-0.05, 0) is 13.8 Å². The molecule has 7 heteroatoms. The van der Waals surface area contributed by atoms with E-state index in [1.54, 1.807) is 0 Å². The van der Waals surface area contributed by atoms with E-state index in [4.69, 9.17) is 14.9 Å². The molecule has 0 heterocycles. The van der Waals surface area contributed by atoms with Gasteiger partial charge in [0.15, 0.2) is 0 Å². The predicted octanol–water partition coefficient (Wildman–Crippen LogP) is -6.07. The predicted molar refractivity (Wildman–Crippen MR) is 77.9 cm³/mol. The van der Waals surface area contributed by atoms with Crippen LogP contribution in [0.1, 0.15) is 13.8 Å². The summed E-state index contributed by atoms with van der Waals surface area (Å²) in [5.41, 5.74) is 0. The molecule has 0 saturated heterocycles. The van der Waals surface area contributed by atoms with Crippen LogP contribution < -0.4 is 34.0 Å². The first-order valence-electron chi connectivity index (χ1n) is 7.42. The van der Waals surface area contributed by atoms with Gasteiger partial charge in [-0.1, -0.05) is 0 Å². The first-order valence-corrected chi connectivity index (χ1v) is 7.42. The van der Waals surface area contributed by atoms with Crippen LogP contribution in [0, 0.1) is 0 Å². The maximum absolute atomic E-state index is 9.15. The second-order valence-corrected chi connectivity index (χ2v) is 5.86. The van der Waals surface area contributed by atoms with Gasteiger partial charge in [-0.25, -0.2) is 0 Å². The third kappa shape index (κ3) is 11.9. The molecule has 21 heavy (non-hydrogen) atoms. The summed E-state index contributed by atoms with van der Waals surface area (Å²) in [4.78, 5) is 0. The van der Waals surface area contributed by atoms with E-state index in [2.05, 4.69) is 27.9 Å². The van der Waals surface area contributed by atoms with Crippen molar-refractivity contribution in [1.29, 1.82) is 0 Å². The van der Waals surface area contributed by atoms with Gasteiger partial charge in [0, 0.05) is 0 Å². The van der Waals surface area contributed by atoms with Crippen LogP contribution in [0.25, 0.3) is 0 Å². The number of ether oxygens (including phenoxy) is 1. The molecule has 0 rings (SSSR count). The maximum Gasteiger partial charge on any atom is 0.102 e. The number of halogens is 2.